The second kappa shape index (κ2) is 4.13. The minimum atomic E-state index is 0. The standard InChI is InChI=1S/C5H7ClN2S.ClH/c1-3(7)5-8-2-4(6)9-5;/h2-3H,7H2,1H3;1H. The Morgan fingerprint density at radius 2 is 2.40 bits per heavy atom. The van der Waals surface area contributed by atoms with Gasteiger partial charge in [0.05, 0.1) is 12.2 Å². The van der Waals surface area contributed by atoms with Gasteiger partial charge in [-0.05, 0) is 6.92 Å². The number of thiazole rings is 1. The number of rotatable bonds is 1. The zero-order valence-electron chi connectivity index (χ0n) is 5.37. The van der Waals surface area contributed by atoms with Gasteiger partial charge in [0.25, 0.3) is 0 Å². The third-order valence-corrected chi connectivity index (χ3v) is 2.20. The van der Waals surface area contributed by atoms with Crippen LogP contribution in [0.4, 0.5) is 0 Å². The molecule has 1 aromatic rings. The van der Waals surface area contributed by atoms with Crippen molar-refractivity contribution in [3.8, 4) is 0 Å². The molecule has 2 N–H and O–H groups in total. The fraction of sp³-hybridized carbons (Fsp3) is 0.400. The molecule has 0 saturated carbocycles. The number of hydrogen-bond acceptors (Lipinski definition) is 3. The smallest absolute Gasteiger partial charge is 0.113 e. The third-order valence-electron chi connectivity index (χ3n) is 0.885. The van der Waals surface area contributed by atoms with Crippen LogP contribution < -0.4 is 5.73 Å². The fourth-order valence-corrected chi connectivity index (χ4v) is 1.36. The predicted molar refractivity (Wildman–Crippen MR) is 47.0 cm³/mol. The lowest BCUT2D eigenvalue weighted by molar-refractivity contribution is 0.807. The van der Waals surface area contributed by atoms with Crippen molar-refractivity contribution in [3.05, 3.63) is 15.5 Å². The van der Waals surface area contributed by atoms with E-state index in [1.165, 1.54) is 11.3 Å². The predicted octanol–water partition coefficient (Wildman–Crippen LogP) is 2.24. The number of halogens is 2. The van der Waals surface area contributed by atoms with E-state index >= 15 is 0 Å². The van der Waals surface area contributed by atoms with E-state index in [4.69, 9.17) is 17.3 Å². The van der Waals surface area contributed by atoms with Crippen molar-refractivity contribution in [2.75, 3.05) is 0 Å². The molecule has 0 bridgehead atoms. The lowest BCUT2D eigenvalue weighted by atomic mass is 10.4. The lowest BCUT2D eigenvalue weighted by Crippen LogP contribution is -2.03. The molecule has 1 rings (SSSR count). The molecule has 0 amide bonds. The molecule has 0 saturated heterocycles. The Hall–Kier alpha value is 0.170. The maximum Gasteiger partial charge on any atom is 0.113 e. The number of aromatic nitrogens is 1. The number of hydrogen-bond donors (Lipinski definition) is 1. The Bertz CT molecular complexity index is 199. The Morgan fingerprint density at radius 3 is 2.60 bits per heavy atom. The largest absolute Gasteiger partial charge is 0.322 e. The molecule has 0 aliphatic carbocycles. The Kier molecular flexibility index (Phi) is 4.20. The van der Waals surface area contributed by atoms with Crippen molar-refractivity contribution in [1.29, 1.82) is 0 Å². The normalized spacial score (nSPS) is 12.3. The highest BCUT2D eigenvalue weighted by atomic mass is 35.5. The third kappa shape index (κ3) is 2.42. The van der Waals surface area contributed by atoms with E-state index in [0.29, 0.717) is 4.34 Å². The monoisotopic (exact) mass is 198 g/mol. The first kappa shape index (κ1) is 10.2. The van der Waals surface area contributed by atoms with Gasteiger partial charge in [-0.25, -0.2) is 4.98 Å². The number of nitrogens with zero attached hydrogens (tertiary/aromatic N) is 1. The van der Waals surface area contributed by atoms with Crippen LogP contribution in [0.2, 0.25) is 4.34 Å². The zero-order chi connectivity index (χ0) is 6.85. The topological polar surface area (TPSA) is 38.9 Å². The summed E-state index contributed by atoms with van der Waals surface area (Å²) in [6.45, 7) is 1.88. The van der Waals surface area contributed by atoms with Gasteiger partial charge in [0.2, 0.25) is 0 Å². The molecule has 5 heteroatoms. The highest BCUT2D eigenvalue weighted by Crippen LogP contribution is 2.21. The van der Waals surface area contributed by atoms with Gasteiger partial charge in [-0.3, -0.25) is 0 Å². The van der Waals surface area contributed by atoms with Gasteiger partial charge in [-0.1, -0.05) is 11.6 Å². The van der Waals surface area contributed by atoms with Crippen LogP contribution >= 0.6 is 35.3 Å². The number of nitrogens with two attached hydrogens (primary N) is 1. The van der Waals surface area contributed by atoms with Gasteiger partial charge in [-0.15, -0.1) is 23.7 Å². The van der Waals surface area contributed by atoms with E-state index < -0.39 is 0 Å². The molecule has 0 aliphatic rings. The van der Waals surface area contributed by atoms with Crippen LogP contribution in [0.25, 0.3) is 0 Å². The van der Waals surface area contributed by atoms with Gasteiger partial charge in [0.15, 0.2) is 0 Å². The van der Waals surface area contributed by atoms with Crippen molar-refractivity contribution in [3.63, 3.8) is 0 Å². The van der Waals surface area contributed by atoms with Crippen LogP contribution in [0.3, 0.4) is 0 Å². The summed E-state index contributed by atoms with van der Waals surface area (Å²) >= 11 is 7.03. The summed E-state index contributed by atoms with van der Waals surface area (Å²) in [4.78, 5) is 3.98. The van der Waals surface area contributed by atoms with Crippen LogP contribution in [-0.2, 0) is 0 Å². The highest BCUT2D eigenvalue weighted by Gasteiger charge is 2.02. The van der Waals surface area contributed by atoms with E-state index in [1.807, 2.05) is 6.92 Å². The molecule has 2 nitrogen and oxygen atoms in total. The van der Waals surface area contributed by atoms with Crippen LogP contribution in [0, 0.1) is 0 Å². The second-order valence-electron chi connectivity index (χ2n) is 1.79. The lowest BCUT2D eigenvalue weighted by Gasteiger charge is -1.94. The molecule has 0 aliphatic heterocycles. The van der Waals surface area contributed by atoms with Gasteiger partial charge in [0, 0.05) is 0 Å². The Labute approximate surface area is 74.8 Å². The van der Waals surface area contributed by atoms with E-state index in [-0.39, 0.29) is 18.4 Å². The first-order valence-corrected chi connectivity index (χ1v) is 3.76. The summed E-state index contributed by atoms with van der Waals surface area (Å²) in [5.74, 6) is 0. The summed E-state index contributed by atoms with van der Waals surface area (Å²) < 4.78 is 0.697. The van der Waals surface area contributed by atoms with Crippen LogP contribution in [-0.4, -0.2) is 4.98 Å². The summed E-state index contributed by atoms with van der Waals surface area (Å²) in [5.41, 5.74) is 5.52. The van der Waals surface area contributed by atoms with Crippen molar-refractivity contribution in [2.45, 2.75) is 13.0 Å². The van der Waals surface area contributed by atoms with Gasteiger partial charge in [-0.2, -0.15) is 0 Å². The van der Waals surface area contributed by atoms with Crippen molar-refractivity contribution >= 4 is 35.3 Å². The van der Waals surface area contributed by atoms with Crippen molar-refractivity contribution in [1.82, 2.24) is 4.98 Å². The molecular weight excluding hydrogens is 191 g/mol. The molecule has 0 spiro atoms. The maximum atomic E-state index is 5.60. The molecule has 1 atom stereocenters. The molecule has 0 aromatic carbocycles. The van der Waals surface area contributed by atoms with E-state index in [2.05, 4.69) is 4.98 Å². The summed E-state index contributed by atoms with van der Waals surface area (Å²) in [7, 11) is 0. The van der Waals surface area contributed by atoms with Crippen LogP contribution in [0.15, 0.2) is 6.20 Å². The van der Waals surface area contributed by atoms with Crippen molar-refractivity contribution in [2.24, 2.45) is 5.73 Å². The highest BCUT2D eigenvalue weighted by molar-refractivity contribution is 7.15. The molecule has 58 valence electrons. The van der Waals surface area contributed by atoms with Gasteiger partial charge in [0.1, 0.15) is 9.34 Å². The first-order chi connectivity index (χ1) is 4.20. The molecule has 1 unspecified atom stereocenters. The minimum absolute atomic E-state index is 0. The maximum absolute atomic E-state index is 5.60. The van der Waals surface area contributed by atoms with Gasteiger partial charge < -0.3 is 5.73 Å². The average molecular weight is 199 g/mol. The van der Waals surface area contributed by atoms with E-state index in [1.54, 1.807) is 6.20 Å². The second-order valence-corrected chi connectivity index (χ2v) is 3.48. The molecule has 0 fully saturated rings. The minimum Gasteiger partial charge on any atom is -0.322 e. The zero-order valence-corrected chi connectivity index (χ0v) is 7.76. The summed E-state index contributed by atoms with van der Waals surface area (Å²) in [5, 5.41) is 0.889. The molecule has 10 heavy (non-hydrogen) atoms. The van der Waals surface area contributed by atoms with Crippen LogP contribution in [0.5, 0.6) is 0 Å². The van der Waals surface area contributed by atoms with Crippen LogP contribution in [0.1, 0.15) is 18.0 Å². The molecule has 1 heterocycles. The Balaban J connectivity index is 0.000000810. The van der Waals surface area contributed by atoms with Crippen molar-refractivity contribution < 1.29 is 0 Å². The molecule has 0 radical (unpaired) electrons. The fourth-order valence-electron chi connectivity index (χ4n) is 0.477. The average Bonchev–Trinajstić information content (AvgIpc) is 2.14. The van der Waals surface area contributed by atoms with Gasteiger partial charge >= 0.3 is 0 Å². The Morgan fingerprint density at radius 1 is 1.80 bits per heavy atom. The quantitative estimate of drug-likeness (QED) is 0.753. The van der Waals surface area contributed by atoms with E-state index in [9.17, 15) is 0 Å². The SMILES string of the molecule is CC(N)c1ncc(Cl)s1.Cl. The van der Waals surface area contributed by atoms with E-state index in [0.717, 1.165) is 5.01 Å². The first-order valence-electron chi connectivity index (χ1n) is 2.57. The summed E-state index contributed by atoms with van der Waals surface area (Å²) in [6, 6.07) is 0.00231. The molecule has 1 aromatic heterocycles. The molecular formula is C5H8Cl2N2S. The summed E-state index contributed by atoms with van der Waals surface area (Å²) in [6.07, 6.45) is 1.62.